The Bertz CT molecular complexity index is 1650. The summed E-state index contributed by atoms with van der Waals surface area (Å²) in [7, 11) is 0. The molecule has 1 amide bonds. The molecule has 6 rings (SSSR count). The van der Waals surface area contributed by atoms with Crippen LogP contribution in [0.1, 0.15) is 36.6 Å². The van der Waals surface area contributed by atoms with Gasteiger partial charge in [-0.25, -0.2) is 9.37 Å². The van der Waals surface area contributed by atoms with Gasteiger partial charge in [-0.2, -0.15) is 0 Å². The van der Waals surface area contributed by atoms with E-state index in [9.17, 15) is 14.7 Å². The van der Waals surface area contributed by atoms with Gasteiger partial charge in [-0.15, -0.1) is 0 Å². The van der Waals surface area contributed by atoms with E-state index < -0.39 is 23.5 Å². The number of ether oxygens (including phenoxy) is 2. The predicted molar refractivity (Wildman–Crippen MR) is 142 cm³/mol. The predicted octanol–water partition coefficient (Wildman–Crippen LogP) is 5.78. The fraction of sp³-hybridized carbons (Fsp3) is 0.207. The van der Waals surface area contributed by atoms with Crippen LogP contribution in [0.4, 0.5) is 9.52 Å². The summed E-state index contributed by atoms with van der Waals surface area (Å²) < 4.78 is 27.2. The number of benzene rings is 3. The molecular formula is C29H23FN2O5S. The van der Waals surface area contributed by atoms with Gasteiger partial charge in [0.1, 0.15) is 35.2 Å². The Hall–Kier alpha value is -4.24. The summed E-state index contributed by atoms with van der Waals surface area (Å²) >= 11 is 1.19. The number of thiazole rings is 1. The third-order valence-electron chi connectivity index (χ3n) is 6.68. The van der Waals surface area contributed by atoms with Gasteiger partial charge in [0, 0.05) is 17.5 Å². The van der Waals surface area contributed by atoms with E-state index in [1.54, 1.807) is 36.4 Å². The Balaban J connectivity index is 1.52. The van der Waals surface area contributed by atoms with Crippen LogP contribution in [0.5, 0.6) is 11.5 Å². The highest BCUT2D eigenvalue weighted by Gasteiger charge is 2.49. The summed E-state index contributed by atoms with van der Waals surface area (Å²) in [4.78, 5) is 32.7. The number of hydrogen-bond donors (Lipinski definition) is 1. The third kappa shape index (κ3) is 3.90. The van der Waals surface area contributed by atoms with Gasteiger partial charge in [0.05, 0.1) is 22.4 Å². The lowest BCUT2D eigenvalue weighted by Gasteiger charge is -2.23. The maximum atomic E-state index is 15.2. The Labute approximate surface area is 221 Å². The van der Waals surface area contributed by atoms with Crippen molar-refractivity contribution in [3.8, 4) is 11.5 Å². The summed E-state index contributed by atoms with van der Waals surface area (Å²) in [5.41, 5.74) is 1.73. The highest BCUT2D eigenvalue weighted by Crippen LogP contribution is 2.45. The van der Waals surface area contributed by atoms with Crippen molar-refractivity contribution >= 4 is 44.1 Å². The number of anilines is 1. The fourth-order valence-electron chi connectivity index (χ4n) is 5.00. The second-order valence-electron chi connectivity index (χ2n) is 9.20. The summed E-state index contributed by atoms with van der Waals surface area (Å²) in [5.74, 6) is -1.41. The molecular weight excluding hydrogens is 507 g/mol. The quantitative estimate of drug-likeness (QED) is 0.200. The van der Waals surface area contributed by atoms with Gasteiger partial charge in [-0.1, -0.05) is 29.5 Å². The standard InChI is InChI=1S/C29H23FN2O5S/c1-3-36-18-9-10-21-23(14-18)38-29(31-21)32-25(19-6-4-5-7-20(19)30)24(27(34)28(32)35)26(33)16-8-11-22-17(13-16)12-15(2)37-22/h4-11,13-15,25,33H,3,12H2,1-2H3. The lowest BCUT2D eigenvalue weighted by molar-refractivity contribution is -0.132. The molecule has 4 aromatic rings. The summed E-state index contributed by atoms with van der Waals surface area (Å²) in [6, 6.07) is 15.2. The molecule has 3 aromatic carbocycles. The lowest BCUT2D eigenvalue weighted by Crippen LogP contribution is -2.29. The Kier molecular flexibility index (Phi) is 5.87. The van der Waals surface area contributed by atoms with Crippen LogP contribution in [0.15, 0.2) is 66.2 Å². The van der Waals surface area contributed by atoms with Gasteiger partial charge < -0.3 is 14.6 Å². The zero-order chi connectivity index (χ0) is 26.6. The molecule has 0 radical (unpaired) electrons. The monoisotopic (exact) mass is 530 g/mol. The molecule has 9 heteroatoms. The van der Waals surface area contributed by atoms with Gasteiger partial charge in [0.15, 0.2) is 5.13 Å². The van der Waals surface area contributed by atoms with Crippen molar-refractivity contribution in [3.63, 3.8) is 0 Å². The van der Waals surface area contributed by atoms with Crippen LogP contribution in [0, 0.1) is 5.82 Å². The van der Waals surface area contributed by atoms with E-state index in [-0.39, 0.29) is 28.1 Å². The molecule has 7 nitrogen and oxygen atoms in total. The van der Waals surface area contributed by atoms with E-state index in [1.165, 1.54) is 34.4 Å². The molecule has 3 heterocycles. The number of rotatable bonds is 5. The van der Waals surface area contributed by atoms with Gasteiger partial charge in [-0.3, -0.25) is 14.5 Å². The molecule has 1 N–H and O–H groups in total. The second kappa shape index (κ2) is 9.25. The summed E-state index contributed by atoms with van der Waals surface area (Å²) in [6.07, 6.45) is 0.644. The molecule has 1 saturated heterocycles. The van der Waals surface area contributed by atoms with Gasteiger partial charge >= 0.3 is 5.91 Å². The van der Waals surface area contributed by atoms with Gasteiger partial charge in [0.2, 0.25) is 0 Å². The molecule has 0 saturated carbocycles. The van der Waals surface area contributed by atoms with Crippen LogP contribution >= 0.6 is 11.3 Å². The lowest BCUT2D eigenvalue weighted by atomic mass is 9.94. The van der Waals surface area contributed by atoms with Crippen molar-refractivity contribution in [2.45, 2.75) is 32.4 Å². The molecule has 1 aromatic heterocycles. The average Bonchev–Trinajstić information content (AvgIpc) is 3.56. The minimum absolute atomic E-state index is 0.00586. The highest BCUT2D eigenvalue weighted by molar-refractivity contribution is 7.22. The number of Topliss-reactive ketones (excluding diaryl/α,β-unsaturated/α-hetero) is 1. The number of hydrogen-bond acceptors (Lipinski definition) is 7. The van der Waals surface area contributed by atoms with Crippen LogP contribution in [-0.2, 0) is 16.0 Å². The molecule has 192 valence electrons. The van der Waals surface area contributed by atoms with Crippen LogP contribution < -0.4 is 14.4 Å². The average molecular weight is 531 g/mol. The SMILES string of the molecule is CCOc1ccc2nc(N3C(=O)C(=O)C(=C(O)c4ccc5c(c4)CC(C)O5)C3c3ccccc3F)sc2c1. The van der Waals surface area contributed by atoms with Crippen molar-refractivity contribution in [2.75, 3.05) is 11.5 Å². The number of halogens is 1. The first kappa shape index (κ1) is 24.1. The largest absolute Gasteiger partial charge is 0.507 e. The molecule has 2 aliphatic rings. The molecule has 2 aliphatic heterocycles. The van der Waals surface area contributed by atoms with Gasteiger partial charge in [0.25, 0.3) is 5.78 Å². The smallest absolute Gasteiger partial charge is 0.301 e. The van der Waals surface area contributed by atoms with E-state index in [0.29, 0.717) is 35.6 Å². The number of ketones is 1. The van der Waals surface area contributed by atoms with E-state index in [1.807, 2.05) is 19.9 Å². The van der Waals surface area contributed by atoms with Gasteiger partial charge in [-0.05, 0) is 61.9 Å². The molecule has 1 fully saturated rings. The van der Waals surface area contributed by atoms with Crippen molar-refractivity contribution in [1.29, 1.82) is 0 Å². The normalized spacial score (nSPS) is 20.1. The molecule has 2 unspecified atom stereocenters. The molecule has 0 aliphatic carbocycles. The van der Waals surface area contributed by atoms with Crippen LogP contribution in [-0.4, -0.2) is 34.5 Å². The van der Waals surface area contributed by atoms with Crippen molar-refractivity contribution in [3.05, 3.63) is 88.7 Å². The number of amides is 1. The molecule has 38 heavy (non-hydrogen) atoms. The van der Waals surface area contributed by atoms with Crippen molar-refractivity contribution in [2.24, 2.45) is 0 Å². The Morgan fingerprint density at radius 1 is 1.18 bits per heavy atom. The number of carbonyl (C=O) groups excluding carboxylic acids is 2. The molecule has 0 spiro atoms. The first-order valence-electron chi connectivity index (χ1n) is 12.2. The van der Waals surface area contributed by atoms with E-state index in [2.05, 4.69) is 4.98 Å². The topological polar surface area (TPSA) is 89.0 Å². The number of nitrogens with zero attached hydrogens (tertiary/aromatic N) is 2. The summed E-state index contributed by atoms with van der Waals surface area (Å²) in [5, 5.41) is 11.6. The second-order valence-corrected chi connectivity index (χ2v) is 10.2. The van der Waals surface area contributed by atoms with E-state index >= 15 is 4.39 Å². The van der Waals surface area contributed by atoms with Crippen LogP contribution in [0.3, 0.4) is 0 Å². The maximum Gasteiger partial charge on any atom is 0.301 e. The minimum atomic E-state index is -1.20. The number of fused-ring (bicyclic) bond motifs is 2. The number of aliphatic hydroxyl groups is 1. The zero-order valence-corrected chi connectivity index (χ0v) is 21.4. The molecule has 0 bridgehead atoms. The zero-order valence-electron chi connectivity index (χ0n) is 20.6. The Morgan fingerprint density at radius 3 is 2.79 bits per heavy atom. The minimum Gasteiger partial charge on any atom is -0.507 e. The molecule has 2 atom stereocenters. The fourth-order valence-corrected chi connectivity index (χ4v) is 6.02. The summed E-state index contributed by atoms with van der Waals surface area (Å²) in [6.45, 7) is 4.32. The van der Waals surface area contributed by atoms with Crippen molar-refractivity contribution in [1.82, 2.24) is 4.98 Å². The van der Waals surface area contributed by atoms with Crippen LogP contribution in [0.2, 0.25) is 0 Å². The Morgan fingerprint density at radius 2 is 2.00 bits per heavy atom. The first-order chi connectivity index (χ1) is 18.4. The number of aromatic nitrogens is 1. The first-order valence-corrected chi connectivity index (χ1v) is 13.1. The third-order valence-corrected chi connectivity index (χ3v) is 7.70. The van der Waals surface area contributed by atoms with E-state index in [0.717, 1.165) is 10.3 Å². The van der Waals surface area contributed by atoms with E-state index in [4.69, 9.17) is 9.47 Å². The number of carbonyl (C=O) groups is 2. The van der Waals surface area contributed by atoms with Crippen LogP contribution in [0.25, 0.3) is 16.0 Å². The highest BCUT2D eigenvalue weighted by atomic mass is 32.1. The van der Waals surface area contributed by atoms with Crippen molar-refractivity contribution < 1.29 is 28.6 Å². The maximum absolute atomic E-state index is 15.2. The number of aliphatic hydroxyl groups excluding tert-OH is 1.